The lowest BCUT2D eigenvalue weighted by molar-refractivity contribution is 0.00450. The first kappa shape index (κ1) is 11.1. The first-order valence-electron chi connectivity index (χ1n) is 4.61. The molecule has 0 aliphatic carbocycles. The largest absolute Gasteiger partial charge is 0.314 e. The van der Waals surface area contributed by atoms with Crippen LogP contribution in [0.4, 0.5) is 8.78 Å². The van der Waals surface area contributed by atoms with Gasteiger partial charge in [0.1, 0.15) is 0 Å². The van der Waals surface area contributed by atoms with Crippen LogP contribution in [0.5, 0.6) is 0 Å². The Balaban J connectivity index is 2.64. The normalized spacial score (nSPS) is 11.7. The summed E-state index contributed by atoms with van der Waals surface area (Å²) < 4.78 is 26.3. The molecule has 0 amide bonds. The smallest absolute Gasteiger partial charge is 0.264 e. The second-order valence-corrected chi connectivity index (χ2v) is 3.55. The van der Waals surface area contributed by atoms with Gasteiger partial charge in [-0.05, 0) is 19.5 Å². The molecule has 14 heavy (non-hydrogen) atoms. The summed E-state index contributed by atoms with van der Waals surface area (Å²) in [6.45, 7) is 1.66. The van der Waals surface area contributed by atoms with Crippen LogP contribution < -0.4 is 5.32 Å². The van der Waals surface area contributed by atoms with Crippen LogP contribution in [0, 0.1) is 6.92 Å². The van der Waals surface area contributed by atoms with Crippen molar-refractivity contribution in [2.24, 2.45) is 0 Å². The van der Waals surface area contributed by atoms with E-state index in [1.54, 1.807) is 12.1 Å². The minimum absolute atomic E-state index is 0.200. The molecule has 1 aromatic rings. The van der Waals surface area contributed by atoms with E-state index in [0.29, 0.717) is 5.56 Å². The van der Waals surface area contributed by atoms with Crippen LogP contribution in [0.1, 0.15) is 11.1 Å². The van der Waals surface area contributed by atoms with Crippen LogP contribution in [-0.2, 0) is 6.42 Å². The number of benzene rings is 1. The molecule has 0 aliphatic rings. The van der Waals surface area contributed by atoms with Gasteiger partial charge < -0.3 is 5.32 Å². The predicted molar refractivity (Wildman–Crippen MR) is 53.8 cm³/mol. The van der Waals surface area contributed by atoms with Gasteiger partial charge in [-0.1, -0.05) is 29.8 Å². The van der Waals surface area contributed by atoms with E-state index < -0.39 is 5.92 Å². The number of hydrogen-bond acceptors (Lipinski definition) is 1. The van der Waals surface area contributed by atoms with Crippen LogP contribution in [0.2, 0.25) is 0 Å². The zero-order valence-electron chi connectivity index (χ0n) is 8.48. The van der Waals surface area contributed by atoms with Crippen LogP contribution in [0.3, 0.4) is 0 Å². The highest BCUT2D eigenvalue weighted by Gasteiger charge is 2.27. The molecule has 0 fully saturated rings. The molecule has 0 bridgehead atoms. The zero-order valence-corrected chi connectivity index (χ0v) is 8.48. The fraction of sp³-hybridized carbons (Fsp3) is 0.455. The molecule has 1 N–H and O–H groups in total. The van der Waals surface area contributed by atoms with E-state index in [1.807, 2.05) is 19.1 Å². The maximum Gasteiger partial charge on any atom is 0.264 e. The topological polar surface area (TPSA) is 12.0 Å². The maximum atomic E-state index is 13.1. The van der Waals surface area contributed by atoms with E-state index in [2.05, 4.69) is 5.32 Å². The molecule has 0 radical (unpaired) electrons. The third-order valence-corrected chi connectivity index (χ3v) is 2.02. The Hall–Kier alpha value is -0.960. The Morgan fingerprint density at radius 2 is 1.79 bits per heavy atom. The van der Waals surface area contributed by atoms with E-state index in [-0.39, 0.29) is 13.0 Å². The summed E-state index contributed by atoms with van der Waals surface area (Å²) in [4.78, 5) is 0. The summed E-state index contributed by atoms with van der Waals surface area (Å²) >= 11 is 0. The van der Waals surface area contributed by atoms with Crippen molar-refractivity contribution in [2.75, 3.05) is 13.6 Å². The molecule has 0 saturated heterocycles. The van der Waals surface area contributed by atoms with Crippen LogP contribution in [-0.4, -0.2) is 19.5 Å². The quantitative estimate of drug-likeness (QED) is 0.785. The Kier molecular flexibility index (Phi) is 3.58. The van der Waals surface area contributed by atoms with Gasteiger partial charge in [-0.2, -0.15) is 0 Å². The molecule has 0 aliphatic heterocycles. The van der Waals surface area contributed by atoms with E-state index >= 15 is 0 Å². The second-order valence-electron chi connectivity index (χ2n) is 3.55. The maximum absolute atomic E-state index is 13.1. The molecule has 0 aromatic heterocycles. The highest BCUT2D eigenvalue weighted by molar-refractivity contribution is 5.22. The van der Waals surface area contributed by atoms with Crippen LogP contribution in [0.25, 0.3) is 0 Å². The predicted octanol–water partition coefficient (Wildman–Crippen LogP) is 2.39. The standard InChI is InChI=1S/C11H15F2N/c1-9-3-5-10(6-4-9)7-11(12,13)8-14-2/h3-6,14H,7-8H2,1-2H3. The lowest BCUT2D eigenvalue weighted by Gasteiger charge is -2.15. The van der Waals surface area contributed by atoms with Gasteiger partial charge >= 0.3 is 0 Å². The van der Waals surface area contributed by atoms with Gasteiger partial charge in [-0.25, -0.2) is 8.78 Å². The van der Waals surface area contributed by atoms with Gasteiger partial charge in [0.15, 0.2) is 0 Å². The second kappa shape index (κ2) is 4.51. The van der Waals surface area contributed by atoms with E-state index in [9.17, 15) is 8.78 Å². The van der Waals surface area contributed by atoms with Gasteiger partial charge in [-0.3, -0.25) is 0 Å². The van der Waals surface area contributed by atoms with Gasteiger partial charge in [-0.15, -0.1) is 0 Å². The molecule has 0 unspecified atom stereocenters. The van der Waals surface area contributed by atoms with Crippen molar-refractivity contribution < 1.29 is 8.78 Å². The summed E-state index contributed by atoms with van der Waals surface area (Å²) in [6, 6.07) is 7.20. The molecule has 1 rings (SSSR count). The Labute approximate surface area is 83.1 Å². The SMILES string of the molecule is CNCC(F)(F)Cc1ccc(C)cc1. The highest BCUT2D eigenvalue weighted by atomic mass is 19.3. The number of rotatable bonds is 4. The zero-order chi connectivity index (χ0) is 10.6. The average molecular weight is 199 g/mol. The molecule has 3 heteroatoms. The summed E-state index contributed by atoms with van der Waals surface area (Å²) in [6.07, 6.45) is -0.200. The lowest BCUT2D eigenvalue weighted by Crippen LogP contribution is -2.32. The third-order valence-electron chi connectivity index (χ3n) is 2.02. The van der Waals surface area contributed by atoms with Crippen molar-refractivity contribution >= 4 is 0 Å². The average Bonchev–Trinajstić information content (AvgIpc) is 2.08. The Morgan fingerprint density at radius 1 is 1.21 bits per heavy atom. The van der Waals surface area contributed by atoms with Crippen molar-refractivity contribution in [1.29, 1.82) is 0 Å². The van der Waals surface area contributed by atoms with Crippen molar-refractivity contribution in [2.45, 2.75) is 19.3 Å². The van der Waals surface area contributed by atoms with Crippen molar-refractivity contribution in [3.05, 3.63) is 35.4 Å². The van der Waals surface area contributed by atoms with Crippen molar-refractivity contribution in [3.8, 4) is 0 Å². The first-order chi connectivity index (χ1) is 6.53. The minimum atomic E-state index is -2.66. The van der Waals surface area contributed by atoms with Crippen molar-refractivity contribution in [1.82, 2.24) is 5.32 Å². The molecule has 1 nitrogen and oxygen atoms in total. The molecule has 0 heterocycles. The van der Waals surface area contributed by atoms with E-state index in [0.717, 1.165) is 5.56 Å². The summed E-state index contributed by atoms with van der Waals surface area (Å²) in [7, 11) is 1.53. The lowest BCUT2D eigenvalue weighted by atomic mass is 10.1. The van der Waals surface area contributed by atoms with Gasteiger partial charge in [0.2, 0.25) is 0 Å². The molecule has 0 spiro atoms. The summed E-state index contributed by atoms with van der Waals surface area (Å²) in [5.41, 5.74) is 1.77. The summed E-state index contributed by atoms with van der Waals surface area (Å²) in [5.74, 6) is -2.66. The third kappa shape index (κ3) is 3.42. The molecule has 0 atom stereocenters. The number of aryl methyl sites for hydroxylation is 1. The molecular weight excluding hydrogens is 184 g/mol. The van der Waals surface area contributed by atoms with E-state index in [4.69, 9.17) is 0 Å². The number of hydrogen-bond donors (Lipinski definition) is 1. The summed E-state index contributed by atoms with van der Waals surface area (Å²) in [5, 5.41) is 2.49. The highest BCUT2D eigenvalue weighted by Crippen LogP contribution is 2.19. The molecular formula is C11H15F2N. The molecule has 78 valence electrons. The monoisotopic (exact) mass is 199 g/mol. The minimum Gasteiger partial charge on any atom is -0.314 e. The number of halogens is 2. The number of alkyl halides is 2. The van der Waals surface area contributed by atoms with Crippen LogP contribution >= 0.6 is 0 Å². The molecule has 0 saturated carbocycles. The van der Waals surface area contributed by atoms with Gasteiger partial charge in [0, 0.05) is 6.42 Å². The van der Waals surface area contributed by atoms with Gasteiger partial charge in [0.05, 0.1) is 6.54 Å². The first-order valence-corrected chi connectivity index (χ1v) is 4.61. The fourth-order valence-electron chi connectivity index (χ4n) is 1.33. The van der Waals surface area contributed by atoms with Gasteiger partial charge in [0.25, 0.3) is 5.92 Å². The molecule has 1 aromatic carbocycles. The Morgan fingerprint density at radius 3 is 2.29 bits per heavy atom. The van der Waals surface area contributed by atoms with Crippen molar-refractivity contribution in [3.63, 3.8) is 0 Å². The fourth-order valence-corrected chi connectivity index (χ4v) is 1.33. The number of nitrogens with one attached hydrogen (secondary N) is 1. The van der Waals surface area contributed by atoms with E-state index in [1.165, 1.54) is 7.05 Å². The van der Waals surface area contributed by atoms with Crippen LogP contribution in [0.15, 0.2) is 24.3 Å². The Bertz CT molecular complexity index is 280.